The first-order chi connectivity index (χ1) is 7.15. The molecule has 0 heterocycles. The van der Waals surface area contributed by atoms with Crippen LogP contribution in [-0.4, -0.2) is 23.4 Å². The Morgan fingerprint density at radius 3 is 2.40 bits per heavy atom. The smallest absolute Gasteiger partial charge is 0.367 e. The fraction of sp³-hybridized carbons (Fsp3) is 0.818. The summed E-state index contributed by atoms with van der Waals surface area (Å²) in [4.78, 5) is 22.8. The Morgan fingerprint density at radius 1 is 1.27 bits per heavy atom. The van der Waals surface area contributed by atoms with Gasteiger partial charge >= 0.3 is 5.30 Å². The molecule has 4 heteroatoms. The molecule has 1 unspecified atom stereocenters. The van der Waals surface area contributed by atoms with Gasteiger partial charge in [0.1, 0.15) is 5.78 Å². The van der Waals surface area contributed by atoms with Crippen LogP contribution < -0.4 is 0 Å². The minimum absolute atomic E-state index is 0.175. The molecule has 0 aromatic rings. The van der Waals surface area contributed by atoms with Crippen molar-refractivity contribution in [2.45, 2.75) is 51.2 Å². The van der Waals surface area contributed by atoms with E-state index >= 15 is 0 Å². The van der Waals surface area contributed by atoms with Crippen LogP contribution >= 0.6 is 11.8 Å². The molecule has 88 valence electrons. The first-order valence-electron chi connectivity index (χ1n) is 5.43. The van der Waals surface area contributed by atoms with Crippen LogP contribution in [0.4, 0.5) is 4.79 Å². The fourth-order valence-electron chi connectivity index (χ4n) is 1.22. The molecule has 0 aromatic heterocycles. The largest absolute Gasteiger partial charge is 0.461 e. The number of carbonyl (C=O) groups is 2. The van der Waals surface area contributed by atoms with Gasteiger partial charge in [-0.3, -0.25) is 4.79 Å². The molecule has 0 saturated carbocycles. The number of carbonyl (C=O) groups excluding carboxylic acids is 2. The third kappa shape index (κ3) is 6.55. The fourth-order valence-corrected chi connectivity index (χ4v) is 2.16. The van der Waals surface area contributed by atoms with E-state index in [1.165, 1.54) is 7.11 Å². The van der Waals surface area contributed by atoms with Crippen molar-refractivity contribution in [3.8, 4) is 0 Å². The molecule has 0 radical (unpaired) electrons. The third-order valence-corrected chi connectivity index (χ3v) is 3.23. The lowest BCUT2D eigenvalue weighted by atomic mass is 10.1. The first kappa shape index (κ1) is 14.5. The zero-order chi connectivity index (χ0) is 11.7. The van der Waals surface area contributed by atoms with Crippen molar-refractivity contribution in [2.75, 3.05) is 7.11 Å². The number of unbranched alkanes of at least 4 members (excludes halogenated alkanes) is 1. The average Bonchev–Trinajstić information content (AvgIpc) is 2.24. The molecule has 0 N–H and O–H groups in total. The Labute approximate surface area is 95.9 Å². The summed E-state index contributed by atoms with van der Waals surface area (Å²) >= 11 is 1.02. The Balaban J connectivity index is 4.11. The van der Waals surface area contributed by atoms with Crippen LogP contribution in [0.25, 0.3) is 0 Å². The van der Waals surface area contributed by atoms with Crippen LogP contribution in [0.1, 0.15) is 46.0 Å². The Hall–Kier alpha value is -0.510. The van der Waals surface area contributed by atoms with Crippen molar-refractivity contribution in [3.63, 3.8) is 0 Å². The summed E-state index contributed by atoms with van der Waals surface area (Å²) in [5.41, 5.74) is 0. The van der Waals surface area contributed by atoms with Crippen molar-refractivity contribution in [1.29, 1.82) is 0 Å². The monoisotopic (exact) mass is 232 g/mol. The van der Waals surface area contributed by atoms with E-state index in [4.69, 9.17) is 0 Å². The van der Waals surface area contributed by atoms with E-state index in [9.17, 15) is 9.59 Å². The number of Topliss-reactive ketones (excluding diaryl/α,β-unsaturated/α-hetero) is 1. The lowest BCUT2D eigenvalue weighted by Crippen LogP contribution is -2.19. The maximum atomic E-state index is 11.7. The SMILES string of the molecule is CCCCC(=O)C(CCC)SC(=O)OC. The van der Waals surface area contributed by atoms with Gasteiger partial charge in [-0.1, -0.05) is 26.7 Å². The normalized spacial score (nSPS) is 12.2. The molecule has 0 bridgehead atoms. The lowest BCUT2D eigenvalue weighted by Gasteiger charge is -2.12. The van der Waals surface area contributed by atoms with Gasteiger partial charge in [-0.25, -0.2) is 4.79 Å². The van der Waals surface area contributed by atoms with E-state index in [2.05, 4.69) is 11.7 Å². The van der Waals surface area contributed by atoms with Crippen molar-refractivity contribution < 1.29 is 14.3 Å². The number of ketones is 1. The van der Waals surface area contributed by atoms with E-state index < -0.39 is 0 Å². The second kappa shape index (κ2) is 8.77. The Kier molecular flexibility index (Phi) is 8.47. The second-order valence-electron chi connectivity index (χ2n) is 3.42. The van der Waals surface area contributed by atoms with E-state index in [0.717, 1.165) is 37.4 Å². The highest BCUT2D eigenvalue weighted by Gasteiger charge is 2.21. The molecule has 0 saturated heterocycles. The number of methoxy groups -OCH3 is 1. The third-order valence-electron chi connectivity index (χ3n) is 2.09. The van der Waals surface area contributed by atoms with Crippen LogP contribution in [0.3, 0.4) is 0 Å². The minimum atomic E-state index is -0.363. The van der Waals surface area contributed by atoms with Crippen LogP contribution in [0.15, 0.2) is 0 Å². The van der Waals surface area contributed by atoms with Crippen molar-refractivity contribution >= 4 is 22.8 Å². The molecule has 0 aliphatic carbocycles. The predicted octanol–water partition coefficient (Wildman–Crippen LogP) is 3.41. The quantitative estimate of drug-likeness (QED) is 0.631. The Morgan fingerprint density at radius 2 is 1.93 bits per heavy atom. The summed E-state index contributed by atoms with van der Waals surface area (Å²) in [6.45, 7) is 4.06. The highest BCUT2D eigenvalue weighted by molar-refractivity contribution is 8.14. The minimum Gasteiger partial charge on any atom is -0.461 e. The number of hydrogen-bond donors (Lipinski definition) is 0. The van der Waals surface area contributed by atoms with Gasteiger partial charge in [-0.2, -0.15) is 0 Å². The van der Waals surface area contributed by atoms with Gasteiger partial charge in [0.25, 0.3) is 0 Å². The number of hydrogen-bond acceptors (Lipinski definition) is 4. The summed E-state index contributed by atoms with van der Waals surface area (Å²) in [6, 6.07) is 0. The molecule has 15 heavy (non-hydrogen) atoms. The van der Waals surface area contributed by atoms with Gasteiger partial charge in [-0.05, 0) is 24.6 Å². The average molecular weight is 232 g/mol. The van der Waals surface area contributed by atoms with E-state index in [1.807, 2.05) is 6.92 Å². The van der Waals surface area contributed by atoms with Crippen molar-refractivity contribution in [3.05, 3.63) is 0 Å². The van der Waals surface area contributed by atoms with Gasteiger partial charge in [-0.15, -0.1) is 0 Å². The van der Waals surface area contributed by atoms with Gasteiger partial charge in [0.2, 0.25) is 0 Å². The van der Waals surface area contributed by atoms with E-state index in [1.54, 1.807) is 0 Å². The van der Waals surface area contributed by atoms with Crippen LogP contribution in [0.5, 0.6) is 0 Å². The van der Waals surface area contributed by atoms with Crippen LogP contribution in [0.2, 0.25) is 0 Å². The highest BCUT2D eigenvalue weighted by atomic mass is 32.2. The first-order valence-corrected chi connectivity index (χ1v) is 6.30. The molecule has 0 fully saturated rings. The molecule has 0 spiro atoms. The van der Waals surface area contributed by atoms with Gasteiger partial charge < -0.3 is 4.74 Å². The molecule has 1 atom stereocenters. The maximum Gasteiger partial charge on any atom is 0.367 e. The van der Waals surface area contributed by atoms with Crippen molar-refractivity contribution in [1.82, 2.24) is 0 Å². The standard InChI is InChI=1S/C11H20O3S/c1-4-6-8-9(12)10(7-5-2)15-11(13)14-3/h10H,4-8H2,1-3H3. The zero-order valence-electron chi connectivity index (χ0n) is 9.75. The molecule has 0 rings (SSSR count). The molecular formula is C11H20O3S. The van der Waals surface area contributed by atoms with E-state index in [-0.39, 0.29) is 16.3 Å². The summed E-state index contributed by atoms with van der Waals surface area (Å²) < 4.78 is 4.55. The van der Waals surface area contributed by atoms with Gasteiger partial charge in [0.15, 0.2) is 0 Å². The second-order valence-corrected chi connectivity index (χ2v) is 4.56. The van der Waals surface area contributed by atoms with Crippen LogP contribution in [0, 0.1) is 0 Å². The summed E-state index contributed by atoms with van der Waals surface area (Å²) in [6.07, 6.45) is 4.15. The lowest BCUT2D eigenvalue weighted by molar-refractivity contribution is -0.118. The van der Waals surface area contributed by atoms with Gasteiger partial charge in [0, 0.05) is 6.42 Å². The zero-order valence-corrected chi connectivity index (χ0v) is 10.6. The van der Waals surface area contributed by atoms with Crippen molar-refractivity contribution in [2.24, 2.45) is 0 Å². The number of rotatable bonds is 7. The predicted molar refractivity (Wildman–Crippen MR) is 63.2 cm³/mol. The van der Waals surface area contributed by atoms with E-state index in [0.29, 0.717) is 6.42 Å². The number of ether oxygens (including phenoxy) is 1. The molecule has 0 amide bonds. The van der Waals surface area contributed by atoms with Gasteiger partial charge in [0.05, 0.1) is 12.4 Å². The maximum absolute atomic E-state index is 11.7. The summed E-state index contributed by atoms with van der Waals surface area (Å²) in [5.74, 6) is 0.175. The summed E-state index contributed by atoms with van der Waals surface area (Å²) in [7, 11) is 1.34. The highest BCUT2D eigenvalue weighted by Crippen LogP contribution is 2.21. The topological polar surface area (TPSA) is 43.4 Å². The molecule has 3 nitrogen and oxygen atoms in total. The molecule has 0 aromatic carbocycles. The van der Waals surface area contributed by atoms with Crippen LogP contribution in [-0.2, 0) is 9.53 Å². The number of thioether (sulfide) groups is 1. The Bertz CT molecular complexity index is 204. The molecular weight excluding hydrogens is 212 g/mol. The summed E-state index contributed by atoms with van der Waals surface area (Å²) in [5, 5.41) is -0.577. The molecule has 0 aliphatic rings. The molecule has 0 aliphatic heterocycles.